The molecule has 20 rings (SSSR count). The molecule has 2 aliphatic carbocycles. The van der Waals surface area contributed by atoms with E-state index in [4.69, 9.17) is 0 Å². The quantitative estimate of drug-likeness (QED) is 0.149. The highest BCUT2D eigenvalue weighted by atomic mass is 15.3. The van der Waals surface area contributed by atoms with Crippen molar-refractivity contribution in [2.45, 2.75) is 226 Å². The Kier molecular flexibility index (Phi) is 120. The average Bonchev–Trinajstić information content (AvgIpc) is 1.34. The van der Waals surface area contributed by atoms with Gasteiger partial charge in [0, 0.05) is 135 Å². The summed E-state index contributed by atoms with van der Waals surface area (Å²) in [7, 11) is 0. The zero-order valence-corrected chi connectivity index (χ0v) is 83.7. The second kappa shape index (κ2) is 118. The van der Waals surface area contributed by atoms with Gasteiger partial charge in [-0.1, -0.05) is 376 Å². The van der Waals surface area contributed by atoms with Crippen LogP contribution in [0, 0.1) is 0 Å². The molecule has 0 bridgehead atoms. The Bertz CT molecular complexity index is 3860. The van der Waals surface area contributed by atoms with Gasteiger partial charge in [0.05, 0.1) is 54.3 Å². The number of aromatic nitrogens is 14. The van der Waals surface area contributed by atoms with Crippen LogP contribution < -0.4 is 0 Å². The van der Waals surface area contributed by atoms with E-state index < -0.39 is 0 Å². The first-order chi connectivity index (χ1) is 64.3. The van der Waals surface area contributed by atoms with E-state index in [1.807, 2.05) is 371 Å². The molecule has 0 atom stereocenters. The molecule has 1 N–H and O–H groups in total. The van der Waals surface area contributed by atoms with Crippen LogP contribution in [0.2, 0.25) is 0 Å². The number of H-pyrrole nitrogens is 1. The first kappa shape index (κ1) is 131. The lowest BCUT2D eigenvalue weighted by atomic mass is 10.1. The molecule has 0 saturated carbocycles. The molecule has 0 radical (unpaired) electrons. The van der Waals surface area contributed by atoms with Crippen molar-refractivity contribution >= 4 is 63.1 Å². The van der Waals surface area contributed by atoms with E-state index in [9.17, 15) is 0 Å². The van der Waals surface area contributed by atoms with E-state index in [1.165, 1.54) is 50.3 Å². The van der Waals surface area contributed by atoms with Gasteiger partial charge in [-0.2, -0.15) is 35.8 Å². The maximum Gasteiger partial charge on any atom is 0.115 e. The number of hydrogen-bond acceptors (Lipinski definition) is 18. The van der Waals surface area contributed by atoms with Gasteiger partial charge < -0.3 is 0 Å². The van der Waals surface area contributed by atoms with Crippen LogP contribution in [0.4, 0.5) is 5.69 Å². The first-order valence-electron chi connectivity index (χ1n) is 46.2. The first-order valence-corrected chi connectivity index (χ1v) is 46.2. The Morgan fingerprint density at radius 2 is 0.752 bits per heavy atom. The number of allylic oxidation sites excluding steroid dienone is 7. The van der Waals surface area contributed by atoms with Crippen LogP contribution in [0.5, 0.6) is 0 Å². The predicted octanol–water partition coefficient (Wildman–Crippen LogP) is 32.0. The second-order valence-corrected chi connectivity index (χ2v) is 20.3. The summed E-state index contributed by atoms with van der Waals surface area (Å²) >= 11 is 0. The summed E-state index contributed by atoms with van der Waals surface area (Å²) in [5.41, 5.74) is 10.7. The Morgan fingerprint density at radius 3 is 1.13 bits per heavy atom. The largest absolute Gasteiger partial charge is 0.289 e. The smallest absolute Gasteiger partial charge is 0.115 e. The van der Waals surface area contributed by atoms with Gasteiger partial charge in [-0.25, -0.2) is 9.97 Å². The molecule has 14 aromatic rings. The second-order valence-electron chi connectivity index (χ2n) is 20.3. The number of nitrogens with one attached hydrogen (secondary N) is 1. The van der Waals surface area contributed by atoms with Crippen LogP contribution in [0.1, 0.15) is 235 Å². The lowest BCUT2D eigenvalue weighted by Crippen LogP contribution is -1.79. The van der Waals surface area contributed by atoms with Gasteiger partial charge in [-0.3, -0.25) is 49.9 Å². The molecule has 12 heterocycles. The summed E-state index contributed by atoms with van der Waals surface area (Å²) in [6.45, 7) is 58.5. The fraction of sp³-hybridized carbons (Fsp3) is 0.309. The lowest BCUT2D eigenvalue weighted by molar-refractivity contribution is 0.940. The van der Waals surface area contributed by atoms with E-state index in [0.717, 1.165) is 61.1 Å². The van der Waals surface area contributed by atoms with Crippen molar-refractivity contribution in [1.82, 2.24) is 70.5 Å². The number of para-hydroxylation sites is 3. The van der Waals surface area contributed by atoms with Crippen molar-refractivity contribution in [3.8, 4) is 0 Å². The number of rotatable bonds is 0. The molecule has 19 heteroatoms. The molecule has 6 aliphatic rings. The van der Waals surface area contributed by atoms with E-state index in [2.05, 4.69) is 199 Å². The van der Waals surface area contributed by atoms with Crippen LogP contribution >= 0.6 is 0 Å². The Labute approximate surface area is 781 Å². The van der Waals surface area contributed by atoms with Gasteiger partial charge >= 0.3 is 0 Å². The summed E-state index contributed by atoms with van der Waals surface area (Å²) in [5, 5.41) is 27.8. The van der Waals surface area contributed by atoms with E-state index >= 15 is 0 Å². The molecule has 6 aromatic carbocycles. The van der Waals surface area contributed by atoms with Crippen LogP contribution in [0.15, 0.2) is 392 Å². The fourth-order valence-corrected chi connectivity index (χ4v) is 8.37. The maximum absolute atomic E-state index is 4.18. The molecule has 129 heavy (non-hydrogen) atoms. The summed E-state index contributed by atoms with van der Waals surface area (Å²) in [6, 6.07) is 66.0. The number of benzene rings is 6. The number of nitrogens with zero attached hydrogens (tertiary/aromatic N) is 18. The van der Waals surface area contributed by atoms with E-state index in [-0.39, 0.29) is 0 Å². The van der Waals surface area contributed by atoms with Gasteiger partial charge in [0.2, 0.25) is 0 Å². The zero-order valence-electron chi connectivity index (χ0n) is 83.7. The molecule has 0 unspecified atom stereocenters. The van der Waals surface area contributed by atoms with E-state index in [0.29, 0.717) is 0 Å². The van der Waals surface area contributed by atoms with Crippen LogP contribution in [0.3, 0.4) is 0 Å². The third-order valence-corrected chi connectivity index (χ3v) is 13.2. The number of fused-ring (bicyclic) bond motifs is 6. The molecule has 4 aliphatic heterocycles. The monoisotopic (exact) mass is 1750 g/mol. The fourth-order valence-electron chi connectivity index (χ4n) is 8.37. The van der Waals surface area contributed by atoms with Crippen molar-refractivity contribution in [3.63, 3.8) is 0 Å². The Hall–Kier alpha value is -13.7. The van der Waals surface area contributed by atoms with Crippen molar-refractivity contribution in [2.75, 3.05) is 6.54 Å². The lowest BCUT2D eigenvalue weighted by Gasteiger charge is -1.93. The SMILES string of the molecule is C1=CCC=C1.C1=CCN=C1.C1=CN=CC1.C1=Cc2ccccc2C1.C1=NCc2ccccc21.CC.CC.CC.CC.CC.CC.CC.CC.CC.CC.CC.CC.CC.CC.c1ccc2c(c1)CN=N2.c1ccc2cnccc2c1.c1ccc2ncccc2c1.c1ccc2nccnc2c1.c1ccncc1.c1ccnnc1.c1cn[nH]n1.c1cnccn1.c1cncnc1. The minimum absolute atomic E-state index is 0.760. The summed E-state index contributed by atoms with van der Waals surface area (Å²) < 4.78 is 0. The average molecular weight is 1750 g/mol. The molecular weight excluding hydrogens is 1590 g/mol. The molecular formula is C110H161N19. The van der Waals surface area contributed by atoms with Crippen molar-refractivity contribution < 1.29 is 0 Å². The van der Waals surface area contributed by atoms with Gasteiger partial charge in [-0.05, 0) is 119 Å². The van der Waals surface area contributed by atoms with Gasteiger partial charge in [-0.15, -0.1) is 0 Å². The molecule has 19 nitrogen and oxygen atoms in total. The number of aromatic amines is 1. The number of hydrogen-bond donors (Lipinski definition) is 1. The predicted molar refractivity (Wildman–Crippen MR) is 568 cm³/mol. The molecule has 0 saturated heterocycles. The van der Waals surface area contributed by atoms with Crippen molar-refractivity contribution in [1.29, 1.82) is 0 Å². The van der Waals surface area contributed by atoms with Gasteiger partial charge in [0.15, 0.2) is 0 Å². The standard InChI is InChI=1S/2C9H7N.C9H8.C8H6N2.C8H7N.C7H6N2.C5H5N.C5H6.3C4H4N2.2C4H5N.C2H3N3.14C2H6/c1-2-6-9-8(4-1)5-3-7-10-9;1-2-4-9-7-10-6-5-8(9)3-1;1-2-5-9-7-3-6-8(9)4-1;1-2-4-8-7(3-1)9-5-6-10-8;1-2-4-8-6-9-5-7(8)3-1;1-2-4-7-6(3-1)5-8-9-7;1-2-4-6-5-3-1;1-2-4-5-3-1;1-2-6-4-3-5-1;1-2-5-4-6-3-1;1-2-4-6-5-3-1;3*1-2-4-5-3-1;14*1-2/h2*1-7H;1-6H,7H2;1-6H;1-5H,6H2;1-4H,5H2;1-5H;1-4H,5H2;3*1-4H;1,3-4H,2H2;1-3H,4H2;1-2H,(H,3,4,5);14*1-2H3. The minimum Gasteiger partial charge on any atom is -0.289 e. The zero-order chi connectivity index (χ0) is 97.9. The molecule has 0 fully saturated rings. The molecule has 8 aromatic heterocycles. The summed E-state index contributed by atoms with van der Waals surface area (Å²) in [6.07, 6.45) is 59.7. The topological polar surface area (TPSA) is 245 Å². The van der Waals surface area contributed by atoms with E-state index in [1.54, 1.807) is 105 Å². The van der Waals surface area contributed by atoms with Crippen LogP contribution in [-0.4, -0.2) is 95.7 Å². The highest BCUT2D eigenvalue weighted by Gasteiger charge is 2.04. The third-order valence-electron chi connectivity index (χ3n) is 13.2. The van der Waals surface area contributed by atoms with Crippen LogP contribution in [-0.2, 0) is 19.5 Å². The Balaban J connectivity index is -0.000000200. The number of azo groups is 1. The normalized spacial score (nSPS) is 9.71. The number of pyridine rings is 3. The van der Waals surface area contributed by atoms with Crippen molar-refractivity contribution in [3.05, 3.63) is 394 Å². The molecule has 696 valence electrons. The van der Waals surface area contributed by atoms with Crippen LogP contribution in [0.25, 0.3) is 38.8 Å². The van der Waals surface area contributed by atoms with Crippen molar-refractivity contribution in [2.24, 2.45) is 25.2 Å². The third kappa shape index (κ3) is 78.8. The minimum atomic E-state index is 0.760. The maximum atomic E-state index is 4.18. The molecule has 0 amide bonds. The highest BCUT2D eigenvalue weighted by Crippen LogP contribution is 2.25. The summed E-state index contributed by atoms with van der Waals surface area (Å²) in [5.74, 6) is 0. The molecule has 0 spiro atoms. The Morgan fingerprint density at radius 1 is 0.287 bits per heavy atom. The van der Waals surface area contributed by atoms with Gasteiger partial charge in [0.1, 0.15) is 6.33 Å². The summed E-state index contributed by atoms with van der Waals surface area (Å²) in [4.78, 5) is 46.8. The number of aliphatic imine (C=N–C) groups is 3. The van der Waals surface area contributed by atoms with Gasteiger partial charge in [0.25, 0.3) is 0 Å². The highest BCUT2D eigenvalue weighted by molar-refractivity contribution is 5.84.